The fraction of sp³-hybridized carbons (Fsp3) is 0.700. The zero-order valence-electron chi connectivity index (χ0n) is 7.38. The van der Waals surface area contributed by atoms with Crippen LogP contribution in [0.4, 0.5) is 0 Å². The molecule has 0 amide bonds. The number of rotatable bonds is 3. The molecule has 1 N–H and O–H groups in total. The van der Waals surface area contributed by atoms with Gasteiger partial charge in [0.05, 0.1) is 12.0 Å². The van der Waals surface area contributed by atoms with Gasteiger partial charge in [0.1, 0.15) is 5.78 Å². The van der Waals surface area contributed by atoms with Crippen molar-refractivity contribution in [3.8, 4) is 0 Å². The van der Waals surface area contributed by atoms with Crippen molar-refractivity contribution in [3.63, 3.8) is 0 Å². The van der Waals surface area contributed by atoms with Crippen LogP contribution in [0.2, 0.25) is 0 Å². The molecule has 2 nitrogen and oxygen atoms in total. The van der Waals surface area contributed by atoms with Gasteiger partial charge in [0.15, 0.2) is 0 Å². The van der Waals surface area contributed by atoms with E-state index in [2.05, 4.69) is 6.58 Å². The van der Waals surface area contributed by atoms with Gasteiger partial charge in [-0.1, -0.05) is 12.5 Å². The van der Waals surface area contributed by atoms with Gasteiger partial charge < -0.3 is 5.11 Å². The first-order chi connectivity index (χ1) is 5.75. The lowest BCUT2D eigenvalue weighted by atomic mass is 9.71. The van der Waals surface area contributed by atoms with Crippen LogP contribution < -0.4 is 0 Å². The van der Waals surface area contributed by atoms with Crippen molar-refractivity contribution in [2.45, 2.75) is 32.1 Å². The first-order valence-electron chi connectivity index (χ1n) is 4.50. The fourth-order valence-corrected chi connectivity index (χ4v) is 1.88. The van der Waals surface area contributed by atoms with Crippen LogP contribution in [0.15, 0.2) is 12.7 Å². The lowest BCUT2D eigenvalue weighted by molar-refractivity contribution is -0.133. The van der Waals surface area contributed by atoms with E-state index in [1.165, 1.54) is 0 Å². The van der Waals surface area contributed by atoms with Crippen LogP contribution in [-0.2, 0) is 4.79 Å². The second-order valence-electron chi connectivity index (χ2n) is 3.56. The molecule has 12 heavy (non-hydrogen) atoms. The molecule has 1 aliphatic rings. The topological polar surface area (TPSA) is 37.3 Å². The van der Waals surface area contributed by atoms with Gasteiger partial charge in [-0.15, -0.1) is 6.58 Å². The molecule has 0 unspecified atom stereocenters. The SMILES string of the molecule is C=CC[C@]1(CO)CCCCC1=O. The van der Waals surface area contributed by atoms with E-state index in [0.29, 0.717) is 12.8 Å². The highest BCUT2D eigenvalue weighted by Crippen LogP contribution is 2.36. The van der Waals surface area contributed by atoms with E-state index in [4.69, 9.17) is 0 Å². The van der Waals surface area contributed by atoms with Gasteiger partial charge in [-0.25, -0.2) is 0 Å². The van der Waals surface area contributed by atoms with Gasteiger partial charge in [-0.2, -0.15) is 0 Å². The fourth-order valence-electron chi connectivity index (χ4n) is 1.88. The van der Waals surface area contributed by atoms with Crippen LogP contribution in [0, 0.1) is 5.41 Å². The summed E-state index contributed by atoms with van der Waals surface area (Å²) in [4.78, 5) is 11.5. The Labute approximate surface area is 73.3 Å². The normalized spacial score (nSPS) is 30.2. The Bertz CT molecular complexity index is 186. The van der Waals surface area contributed by atoms with Crippen LogP contribution in [0.1, 0.15) is 32.1 Å². The van der Waals surface area contributed by atoms with Gasteiger partial charge in [0.2, 0.25) is 0 Å². The molecule has 0 aromatic carbocycles. The number of hydrogen-bond donors (Lipinski definition) is 1. The highest BCUT2D eigenvalue weighted by Gasteiger charge is 2.37. The second kappa shape index (κ2) is 3.85. The van der Waals surface area contributed by atoms with E-state index in [9.17, 15) is 9.90 Å². The van der Waals surface area contributed by atoms with E-state index in [1.54, 1.807) is 6.08 Å². The number of hydrogen-bond acceptors (Lipinski definition) is 2. The van der Waals surface area contributed by atoms with Crippen molar-refractivity contribution in [1.29, 1.82) is 0 Å². The third-order valence-corrected chi connectivity index (χ3v) is 2.74. The van der Waals surface area contributed by atoms with Gasteiger partial charge in [0, 0.05) is 6.42 Å². The van der Waals surface area contributed by atoms with Gasteiger partial charge in [-0.05, 0) is 19.3 Å². The van der Waals surface area contributed by atoms with E-state index < -0.39 is 5.41 Å². The van der Waals surface area contributed by atoms with E-state index in [-0.39, 0.29) is 12.4 Å². The number of aliphatic hydroxyl groups is 1. The van der Waals surface area contributed by atoms with Crippen LogP contribution in [-0.4, -0.2) is 17.5 Å². The monoisotopic (exact) mass is 168 g/mol. The molecule has 1 atom stereocenters. The standard InChI is InChI=1S/C10H16O2/c1-2-6-10(8-11)7-4-3-5-9(10)12/h2,11H,1,3-8H2/t10-/m1/s1. The molecule has 1 fully saturated rings. The molecule has 0 bridgehead atoms. The van der Waals surface area contributed by atoms with E-state index >= 15 is 0 Å². The molecular formula is C10H16O2. The molecule has 0 aliphatic heterocycles. The maximum atomic E-state index is 11.5. The smallest absolute Gasteiger partial charge is 0.141 e. The summed E-state index contributed by atoms with van der Waals surface area (Å²) in [6, 6.07) is 0. The number of aliphatic hydroxyl groups excluding tert-OH is 1. The molecule has 0 aromatic rings. The van der Waals surface area contributed by atoms with Crippen molar-refractivity contribution < 1.29 is 9.90 Å². The summed E-state index contributed by atoms with van der Waals surface area (Å²) < 4.78 is 0. The summed E-state index contributed by atoms with van der Waals surface area (Å²) in [5.74, 6) is 0.219. The maximum absolute atomic E-state index is 11.5. The average Bonchev–Trinajstić information content (AvgIpc) is 2.10. The number of ketones is 1. The predicted octanol–water partition coefficient (Wildman–Crippen LogP) is 1.68. The Hall–Kier alpha value is -0.630. The molecule has 68 valence electrons. The maximum Gasteiger partial charge on any atom is 0.141 e. The molecule has 0 aromatic heterocycles. The molecule has 0 heterocycles. The second-order valence-corrected chi connectivity index (χ2v) is 3.56. The molecule has 0 saturated heterocycles. The van der Waals surface area contributed by atoms with E-state index in [1.807, 2.05) is 0 Å². The quantitative estimate of drug-likeness (QED) is 0.651. The third kappa shape index (κ3) is 1.58. The number of carbonyl (C=O) groups excluding carboxylic acids is 1. The van der Waals surface area contributed by atoms with Crippen molar-refractivity contribution >= 4 is 5.78 Å². The first kappa shape index (κ1) is 9.46. The highest BCUT2D eigenvalue weighted by atomic mass is 16.3. The van der Waals surface area contributed by atoms with Gasteiger partial charge >= 0.3 is 0 Å². The third-order valence-electron chi connectivity index (χ3n) is 2.74. The Balaban J connectivity index is 2.73. The van der Waals surface area contributed by atoms with Crippen LogP contribution >= 0.6 is 0 Å². The number of allylic oxidation sites excluding steroid dienone is 1. The number of carbonyl (C=O) groups is 1. The molecule has 1 aliphatic carbocycles. The Morgan fingerprint density at radius 3 is 2.83 bits per heavy atom. The van der Waals surface area contributed by atoms with Crippen LogP contribution in [0.25, 0.3) is 0 Å². The molecule has 1 rings (SSSR count). The van der Waals surface area contributed by atoms with Crippen molar-refractivity contribution in [2.75, 3.05) is 6.61 Å². The summed E-state index contributed by atoms with van der Waals surface area (Å²) in [5.41, 5.74) is -0.472. The minimum absolute atomic E-state index is 0.0160. The highest BCUT2D eigenvalue weighted by molar-refractivity contribution is 5.85. The van der Waals surface area contributed by atoms with Crippen molar-refractivity contribution in [1.82, 2.24) is 0 Å². The summed E-state index contributed by atoms with van der Waals surface area (Å²) in [7, 11) is 0. The summed E-state index contributed by atoms with van der Waals surface area (Å²) in [5, 5.41) is 9.17. The molecule has 1 saturated carbocycles. The Kier molecular flexibility index (Phi) is 3.04. The minimum atomic E-state index is -0.472. The van der Waals surface area contributed by atoms with Crippen molar-refractivity contribution in [2.24, 2.45) is 5.41 Å². The number of Topliss-reactive ketones (excluding diaryl/α,β-unsaturated/α-hetero) is 1. The zero-order chi connectivity index (χ0) is 9.03. The predicted molar refractivity (Wildman–Crippen MR) is 47.8 cm³/mol. The van der Waals surface area contributed by atoms with E-state index in [0.717, 1.165) is 19.3 Å². The average molecular weight is 168 g/mol. The van der Waals surface area contributed by atoms with Crippen LogP contribution in [0.3, 0.4) is 0 Å². The summed E-state index contributed by atoms with van der Waals surface area (Å²) in [6.45, 7) is 3.60. The summed E-state index contributed by atoms with van der Waals surface area (Å²) in [6.07, 6.45) is 5.86. The molecular weight excluding hydrogens is 152 g/mol. The van der Waals surface area contributed by atoms with Crippen LogP contribution in [0.5, 0.6) is 0 Å². The van der Waals surface area contributed by atoms with Gasteiger partial charge in [0.25, 0.3) is 0 Å². The lowest BCUT2D eigenvalue weighted by Gasteiger charge is -2.32. The summed E-state index contributed by atoms with van der Waals surface area (Å²) >= 11 is 0. The Morgan fingerprint density at radius 2 is 2.33 bits per heavy atom. The molecule has 2 heteroatoms. The van der Waals surface area contributed by atoms with Crippen molar-refractivity contribution in [3.05, 3.63) is 12.7 Å². The molecule has 0 radical (unpaired) electrons. The first-order valence-corrected chi connectivity index (χ1v) is 4.50. The largest absolute Gasteiger partial charge is 0.395 e. The van der Waals surface area contributed by atoms with Gasteiger partial charge in [-0.3, -0.25) is 4.79 Å². The minimum Gasteiger partial charge on any atom is -0.395 e. The zero-order valence-corrected chi connectivity index (χ0v) is 7.38. The molecule has 0 spiro atoms. The Morgan fingerprint density at radius 1 is 1.58 bits per heavy atom. The lowest BCUT2D eigenvalue weighted by Crippen LogP contribution is -2.37.